The maximum absolute atomic E-state index is 13.2. The molecular formula is C24H29BrClN3O. The predicted molar refractivity (Wildman–Crippen MR) is 125 cm³/mol. The Bertz CT molecular complexity index is 863. The number of piperidine rings is 1. The molecule has 0 radical (unpaired) electrons. The molecule has 2 aliphatic heterocycles. The van der Waals surface area contributed by atoms with Crippen LogP contribution in [-0.4, -0.2) is 41.9 Å². The fourth-order valence-electron chi connectivity index (χ4n) is 4.72. The van der Waals surface area contributed by atoms with Crippen LogP contribution in [0.1, 0.15) is 42.9 Å². The Kier molecular flexibility index (Phi) is 6.83. The third-order valence-corrected chi connectivity index (χ3v) is 7.54. The van der Waals surface area contributed by atoms with Crippen LogP contribution in [-0.2, 0) is 11.3 Å². The summed E-state index contributed by atoms with van der Waals surface area (Å²) in [6.07, 6.45) is 3.82. The number of benzene rings is 2. The van der Waals surface area contributed by atoms with E-state index in [1.807, 2.05) is 36.4 Å². The van der Waals surface area contributed by atoms with Crippen LogP contribution in [0.2, 0.25) is 5.02 Å². The lowest BCUT2D eigenvalue weighted by molar-refractivity contribution is -0.138. The van der Waals surface area contributed by atoms with E-state index in [1.54, 1.807) is 0 Å². The van der Waals surface area contributed by atoms with Gasteiger partial charge in [0, 0.05) is 28.6 Å². The van der Waals surface area contributed by atoms with Crippen LogP contribution < -0.4 is 5.73 Å². The van der Waals surface area contributed by atoms with Gasteiger partial charge in [-0.25, -0.2) is 0 Å². The zero-order valence-corrected chi connectivity index (χ0v) is 19.5. The van der Waals surface area contributed by atoms with Crippen LogP contribution in [0, 0.1) is 5.41 Å². The monoisotopic (exact) mass is 489 g/mol. The molecule has 2 fully saturated rings. The van der Waals surface area contributed by atoms with Gasteiger partial charge in [0.25, 0.3) is 0 Å². The largest absolute Gasteiger partial charge is 0.338 e. The number of rotatable bonds is 6. The molecule has 2 aromatic rings. The van der Waals surface area contributed by atoms with Crippen molar-refractivity contribution in [2.45, 2.75) is 38.3 Å². The number of nitrogens with zero attached hydrogens (tertiary/aromatic N) is 2. The van der Waals surface area contributed by atoms with Gasteiger partial charge in [-0.3, -0.25) is 4.79 Å². The number of amides is 1. The molecule has 0 bridgehead atoms. The molecule has 2 saturated heterocycles. The van der Waals surface area contributed by atoms with E-state index in [0.29, 0.717) is 12.5 Å². The van der Waals surface area contributed by atoms with Gasteiger partial charge >= 0.3 is 0 Å². The fraction of sp³-hybridized carbons (Fsp3) is 0.458. The first-order chi connectivity index (χ1) is 14.4. The molecule has 0 aliphatic carbocycles. The first-order valence-electron chi connectivity index (χ1n) is 10.7. The summed E-state index contributed by atoms with van der Waals surface area (Å²) < 4.78 is 1.07. The molecule has 1 spiro atoms. The van der Waals surface area contributed by atoms with Gasteiger partial charge in [-0.05, 0) is 80.7 Å². The summed E-state index contributed by atoms with van der Waals surface area (Å²) in [5.74, 6) is 0.350. The van der Waals surface area contributed by atoms with E-state index in [0.717, 1.165) is 66.9 Å². The quantitative estimate of drug-likeness (QED) is 0.619. The van der Waals surface area contributed by atoms with Crippen molar-refractivity contribution in [3.05, 3.63) is 69.2 Å². The summed E-state index contributed by atoms with van der Waals surface area (Å²) in [5, 5.41) is 0.739. The molecule has 0 aromatic heterocycles. The minimum absolute atomic E-state index is 0.0210. The number of hydrogen-bond donors (Lipinski definition) is 1. The highest BCUT2D eigenvalue weighted by atomic mass is 79.9. The fourth-order valence-corrected chi connectivity index (χ4v) is 5.11. The molecule has 2 N–H and O–H groups in total. The standard InChI is InChI=1S/C24H29BrClN3O/c25-20-5-1-18(2-6-20)17-29-16-12-24(23(29)30)10-14-28(15-11-24)13-9-22(27)19-3-7-21(26)8-4-19/h1-8,22H,9-17,27H2. The Morgan fingerprint density at radius 3 is 2.30 bits per heavy atom. The topological polar surface area (TPSA) is 49.6 Å². The molecule has 4 rings (SSSR count). The minimum atomic E-state index is -0.149. The van der Waals surface area contributed by atoms with Crippen molar-refractivity contribution >= 4 is 33.4 Å². The number of carbonyl (C=O) groups is 1. The molecule has 2 aliphatic rings. The van der Waals surface area contributed by atoms with Crippen molar-refractivity contribution in [1.82, 2.24) is 9.80 Å². The molecule has 6 heteroatoms. The highest BCUT2D eigenvalue weighted by molar-refractivity contribution is 9.10. The van der Waals surface area contributed by atoms with Crippen LogP contribution in [0.25, 0.3) is 0 Å². The lowest BCUT2D eigenvalue weighted by Gasteiger charge is -2.38. The Morgan fingerprint density at radius 2 is 1.63 bits per heavy atom. The van der Waals surface area contributed by atoms with Crippen LogP contribution in [0.3, 0.4) is 0 Å². The van der Waals surface area contributed by atoms with Crippen LogP contribution in [0.15, 0.2) is 53.0 Å². The molecule has 4 nitrogen and oxygen atoms in total. The van der Waals surface area contributed by atoms with Crippen molar-refractivity contribution in [2.24, 2.45) is 11.1 Å². The SMILES string of the molecule is NC(CCN1CCC2(CC1)CCN(Cc1ccc(Br)cc1)C2=O)c1ccc(Cl)cc1. The van der Waals surface area contributed by atoms with Crippen molar-refractivity contribution < 1.29 is 4.79 Å². The van der Waals surface area contributed by atoms with E-state index in [2.05, 4.69) is 37.9 Å². The van der Waals surface area contributed by atoms with Gasteiger partial charge < -0.3 is 15.5 Å². The van der Waals surface area contributed by atoms with Gasteiger partial charge in [-0.1, -0.05) is 51.8 Å². The third-order valence-electron chi connectivity index (χ3n) is 6.76. The predicted octanol–water partition coefficient (Wildman–Crippen LogP) is 5.01. The van der Waals surface area contributed by atoms with E-state index in [9.17, 15) is 4.79 Å². The first-order valence-corrected chi connectivity index (χ1v) is 11.9. The summed E-state index contributed by atoms with van der Waals surface area (Å²) in [5.41, 5.74) is 8.54. The van der Waals surface area contributed by atoms with Crippen LogP contribution >= 0.6 is 27.5 Å². The second-order valence-electron chi connectivity index (χ2n) is 8.67. The van der Waals surface area contributed by atoms with Gasteiger partial charge in [0.2, 0.25) is 5.91 Å². The summed E-state index contributed by atoms with van der Waals surface area (Å²) >= 11 is 9.44. The molecular weight excluding hydrogens is 462 g/mol. The summed E-state index contributed by atoms with van der Waals surface area (Å²) in [6, 6.07) is 16.1. The average molecular weight is 491 g/mol. The summed E-state index contributed by atoms with van der Waals surface area (Å²) in [6.45, 7) is 4.51. The second-order valence-corrected chi connectivity index (χ2v) is 10.0. The molecule has 1 amide bonds. The van der Waals surface area contributed by atoms with E-state index in [4.69, 9.17) is 17.3 Å². The lowest BCUT2D eigenvalue weighted by Crippen LogP contribution is -2.45. The van der Waals surface area contributed by atoms with E-state index < -0.39 is 0 Å². The van der Waals surface area contributed by atoms with Gasteiger partial charge in [0.15, 0.2) is 0 Å². The lowest BCUT2D eigenvalue weighted by atomic mass is 9.77. The number of carbonyl (C=O) groups excluding carboxylic acids is 1. The number of halogens is 2. The maximum Gasteiger partial charge on any atom is 0.229 e. The van der Waals surface area contributed by atoms with E-state index in [1.165, 1.54) is 5.56 Å². The third kappa shape index (κ3) is 4.91. The van der Waals surface area contributed by atoms with Crippen LogP contribution in [0.5, 0.6) is 0 Å². The molecule has 0 saturated carbocycles. The number of likely N-dealkylation sites (tertiary alicyclic amines) is 2. The summed E-state index contributed by atoms with van der Waals surface area (Å²) in [7, 11) is 0. The molecule has 1 unspecified atom stereocenters. The van der Waals surface area contributed by atoms with Gasteiger partial charge in [-0.2, -0.15) is 0 Å². The molecule has 2 heterocycles. The average Bonchev–Trinajstić information content (AvgIpc) is 3.05. The van der Waals surface area contributed by atoms with Crippen molar-refractivity contribution in [1.29, 1.82) is 0 Å². The minimum Gasteiger partial charge on any atom is -0.338 e. The van der Waals surface area contributed by atoms with Gasteiger partial charge in [-0.15, -0.1) is 0 Å². The van der Waals surface area contributed by atoms with Crippen molar-refractivity contribution in [3.8, 4) is 0 Å². The molecule has 160 valence electrons. The zero-order valence-electron chi connectivity index (χ0n) is 17.2. The molecule has 1 atom stereocenters. The Hall–Kier alpha value is -1.40. The Morgan fingerprint density at radius 1 is 1.00 bits per heavy atom. The Balaban J connectivity index is 1.27. The second kappa shape index (κ2) is 9.39. The highest BCUT2D eigenvalue weighted by Gasteiger charge is 2.47. The highest BCUT2D eigenvalue weighted by Crippen LogP contribution is 2.42. The van der Waals surface area contributed by atoms with Crippen LogP contribution in [0.4, 0.5) is 0 Å². The zero-order chi connectivity index (χ0) is 21.1. The Labute approximate surface area is 192 Å². The summed E-state index contributed by atoms with van der Waals surface area (Å²) in [4.78, 5) is 17.7. The van der Waals surface area contributed by atoms with Crippen molar-refractivity contribution in [3.63, 3.8) is 0 Å². The smallest absolute Gasteiger partial charge is 0.229 e. The van der Waals surface area contributed by atoms with Gasteiger partial charge in [0.1, 0.15) is 0 Å². The number of nitrogens with two attached hydrogens (primary N) is 1. The van der Waals surface area contributed by atoms with Crippen molar-refractivity contribution in [2.75, 3.05) is 26.2 Å². The van der Waals surface area contributed by atoms with E-state index >= 15 is 0 Å². The molecule has 2 aromatic carbocycles. The van der Waals surface area contributed by atoms with E-state index in [-0.39, 0.29) is 11.5 Å². The number of hydrogen-bond acceptors (Lipinski definition) is 3. The maximum atomic E-state index is 13.2. The molecule has 30 heavy (non-hydrogen) atoms. The van der Waals surface area contributed by atoms with Gasteiger partial charge in [0.05, 0.1) is 5.41 Å². The normalized spacial score (nSPS) is 20.1. The first kappa shape index (κ1) is 21.8.